The van der Waals surface area contributed by atoms with Gasteiger partial charge in [-0.1, -0.05) is 17.8 Å². The maximum atomic E-state index is 9.12. The van der Waals surface area contributed by atoms with E-state index >= 15 is 0 Å². The smallest absolute Gasteiger partial charge is 0.130 e. The van der Waals surface area contributed by atoms with E-state index < -0.39 is 0 Å². The lowest BCUT2D eigenvalue weighted by atomic mass is 10.1. The monoisotopic (exact) mass is 163 g/mol. The van der Waals surface area contributed by atoms with Crippen LogP contribution < -0.4 is 0 Å². The van der Waals surface area contributed by atoms with Gasteiger partial charge in [0.25, 0.3) is 0 Å². The van der Waals surface area contributed by atoms with Crippen LogP contribution in [-0.2, 0) is 6.42 Å². The summed E-state index contributed by atoms with van der Waals surface area (Å²) in [6.07, 6.45) is 0.966. The molecule has 0 saturated carbocycles. The second kappa shape index (κ2) is 2.48. The molecular formula is C8H9N3O. The first-order valence-corrected chi connectivity index (χ1v) is 3.85. The molecule has 0 atom stereocenters. The largest absolute Gasteiger partial charge is 0.410 e. The van der Waals surface area contributed by atoms with Gasteiger partial charge in [0.05, 0.1) is 0 Å². The average molecular weight is 163 g/mol. The van der Waals surface area contributed by atoms with Gasteiger partial charge in [0, 0.05) is 0 Å². The van der Waals surface area contributed by atoms with Crippen molar-refractivity contribution in [1.29, 1.82) is 0 Å². The molecule has 62 valence electrons. The predicted octanol–water partition coefficient (Wildman–Crippen LogP) is 1.23. The van der Waals surface area contributed by atoms with Crippen molar-refractivity contribution in [2.45, 2.75) is 13.3 Å². The third kappa shape index (κ3) is 0.922. The van der Waals surface area contributed by atoms with Crippen LogP contribution in [-0.4, -0.2) is 20.4 Å². The van der Waals surface area contributed by atoms with Gasteiger partial charge in [-0.2, -0.15) is 0 Å². The summed E-state index contributed by atoms with van der Waals surface area (Å²) in [5, 5.41) is 16.4. The zero-order chi connectivity index (χ0) is 8.55. The van der Waals surface area contributed by atoms with Crippen molar-refractivity contribution < 1.29 is 5.21 Å². The predicted molar refractivity (Wildman–Crippen MR) is 44.1 cm³/mol. The Bertz CT molecular complexity index is 408. The van der Waals surface area contributed by atoms with E-state index in [2.05, 4.69) is 17.2 Å². The standard InChI is InChI=1S/C8H9N3O/c1-2-6-3-4-8-7(5-6)9-10-11(8)12/h3-5,12H,2H2,1H3. The van der Waals surface area contributed by atoms with Gasteiger partial charge >= 0.3 is 0 Å². The number of hydrogen-bond acceptors (Lipinski definition) is 3. The third-order valence-corrected chi connectivity index (χ3v) is 1.90. The van der Waals surface area contributed by atoms with Gasteiger partial charge in [-0.25, -0.2) is 0 Å². The van der Waals surface area contributed by atoms with E-state index in [1.807, 2.05) is 18.2 Å². The van der Waals surface area contributed by atoms with E-state index in [4.69, 9.17) is 5.21 Å². The van der Waals surface area contributed by atoms with Crippen molar-refractivity contribution in [3.63, 3.8) is 0 Å². The Hall–Kier alpha value is -1.58. The van der Waals surface area contributed by atoms with E-state index in [1.165, 1.54) is 5.56 Å². The van der Waals surface area contributed by atoms with Gasteiger partial charge in [-0.15, -0.1) is 5.10 Å². The molecule has 0 aliphatic heterocycles. The normalized spacial score (nSPS) is 10.8. The fraction of sp³-hybridized carbons (Fsp3) is 0.250. The second-order valence-electron chi connectivity index (χ2n) is 2.66. The number of rotatable bonds is 1. The minimum Gasteiger partial charge on any atom is -0.410 e. The summed E-state index contributed by atoms with van der Waals surface area (Å²) in [5.74, 6) is 0. The van der Waals surface area contributed by atoms with Crippen molar-refractivity contribution in [2.24, 2.45) is 0 Å². The average Bonchev–Trinajstić information content (AvgIpc) is 2.47. The molecule has 1 aromatic heterocycles. The Morgan fingerprint density at radius 1 is 1.50 bits per heavy atom. The summed E-state index contributed by atoms with van der Waals surface area (Å²) in [4.78, 5) is 0.786. The first-order valence-electron chi connectivity index (χ1n) is 3.85. The third-order valence-electron chi connectivity index (χ3n) is 1.90. The molecule has 0 aliphatic rings. The van der Waals surface area contributed by atoms with Crippen LogP contribution in [0.2, 0.25) is 0 Å². The summed E-state index contributed by atoms with van der Waals surface area (Å²) in [6.45, 7) is 2.07. The van der Waals surface area contributed by atoms with Gasteiger partial charge in [0.2, 0.25) is 0 Å². The summed E-state index contributed by atoms with van der Waals surface area (Å²) in [7, 11) is 0. The van der Waals surface area contributed by atoms with E-state index in [9.17, 15) is 0 Å². The molecule has 0 spiro atoms. The van der Waals surface area contributed by atoms with Gasteiger partial charge in [0.15, 0.2) is 0 Å². The van der Waals surface area contributed by atoms with Crippen molar-refractivity contribution in [3.05, 3.63) is 23.8 Å². The minimum absolute atomic E-state index is 0.646. The lowest BCUT2D eigenvalue weighted by Gasteiger charge is -1.94. The number of nitrogens with zero attached hydrogens (tertiary/aromatic N) is 3. The molecule has 4 heteroatoms. The van der Waals surface area contributed by atoms with Crippen LogP contribution in [0.25, 0.3) is 11.0 Å². The van der Waals surface area contributed by atoms with Crippen LogP contribution >= 0.6 is 0 Å². The zero-order valence-electron chi connectivity index (χ0n) is 6.73. The van der Waals surface area contributed by atoms with Crippen molar-refractivity contribution in [2.75, 3.05) is 0 Å². The number of fused-ring (bicyclic) bond motifs is 1. The quantitative estimate of drug-likeness (QED) is 0.643. The molecule has 0 amide bonds. The molecule has 1 aromatic carbocycles. The van der Waals surface area contributed by atoms with Crippen LogP contribution in [0.5, 0.6) is 0 Å². The molecule has 1 heterocycles. The molecule has 1 N–H and O–H groups in total. The fourth-order valence-electron chi connectivity index (χ4n) is 1.18. The molecule has 2 aromatic rings. The van der Waals surface area contributed by atoms with Crippen LogP contribution in [0.4, 0.5) is 0 Å². The second-order valence-corrected chi connectivity index (χ2v) is 2.66. The number of hydrogen-bond donors (Lipinski definition) is 1. The summed E-state index contributed by atoms with van der Waals surface area (Å²) >= 11 is 0. The summed E-state index contributed by atoms with van der Waals surface area (Å²) < 4.78 is 0. The molecule has 0 fully saturated rings. The van der Waals surface area contributed by atoms with Crippen molar-refractivity contribution >= 4 is 11.0 Å². The molecule has 4 nitrogen and oxygen atoms in total. The number of benzene rings is 1. The minimum atomic E-state index is 0.646. The highest BCUT2D eigenvalue weighted by Crippen LogP contribution is 2.12. The Balaban J connectivity index is 2.69. The molecule has 2 rings (SSSR count). The first kappa shape index (κ1) is 7.09. The molecular weight excluding hydrogens is 154 g/mol. The van der Waals surface area contributed by atoms with E-state index in [0.717, 1.165) is 16.8 Å². The maximum absolute atomic E-state index is 9.12. The maximum Gasteiger partial charge on any atom is 0.130 e. The lowest BCUT2D eigenvalue weighted by Crippen LogP contribution is -1.91. The fourth-order valence-corrected chi connectivity index (χ4v) is 1.18. The van der Waals surface area contributed by atoms with E-state index in [-0.39, 0.29) is 0 Å². The van der Waals surface area contributed by atoms with Gasteiger partial charge in [-0.3, -0.25) is 0 Å². The van der Waals surface area contributed by atoms with Crippen LogP contribution in [0.3, 0.4) is 0 Å². The Labute approximate surface area is 69.4 Å². The molecule has 0 unspecified atom stereocenters. The van der Waals surface area contributed by atoms with Crippen molar-refractivity contribution in [1.82, 2.24) is 15.2 Å². The molecule has 0 saturated heterocycles. The zero-order valence-corrected chi connectivity index (χ0v) is 6.73. The number of aryl methyl sites for hydroxylation is 1. The van der Waals surface area contributed by atoms with Crippen LogP contribution in [0.15, 0.2) is 18.2 Å². The summed E-state index contributed by atoms with van der Waals surface area (Å²) in [6, 6.07) is 5.70. The SMILES string of the molecule is CCc1ccc2c(c1)nnn2O. The first-order chi connectivity index (χ1) is 5.81. The lowest BCUT2D eigenvalue weighted by molar-refractivity contribution is 0.155. The van der Waals surface area contributed by atoms with Crippen LogP contribution in [0.1, 0.15) is 12.5 Å². The Morgan fingerprint density at radius 2 is 2.33 bits per heavy atom. The Morgan fingerprint density at radius 3 is 3.08 bits per heavy atom. The number of aromatic nitrogens is 3. The molecule has 0 aliphatic carbocycles. The van der Waals surface area contributed by atoms with Gasteiger partial charge < -0.3 is 5.21 Å². The highest BCUT2D eigenvalue weighted by atomic mass is 16.5. The molecule has 12 heavy (non-hydrogen) atoms. The van der Waals surface area contributed by atoms with E-state index in [1.54, 1.807) is 0 Å². The molecule has 0 bridgehead atoms. The topological polar surface area (TPSA) is 50.9 Å². The molecule has 0 radical (unpaired) electrons. The van der Waals surface area contributed by atoms with E-state index in [0.29, 0.717) is 5.52 Å². The van der Waals surface area contributed by atoms with Crippen LogP contribution in [0, 0.1) is 0 Å². The highest BCUT2D eigenvalue weighted by Gasteiger charge is 2.02. The summed E-state index contributed by atoms with van der Waals surface area (Å²) in [5.41, 5.74) is 2.58. The highest BCUT2D eigenvalue weighted by molar-refractivity contribution is 5.74. The van der Waals surface area contributed by atoms with Gasteiger partial charge in [-0.05, 0) is 29.3 Å². The van der Waals surface area contributed by atoms with Crippen molar-refractivity contribution in [3.8, 4) is 0 Å². The van der Waals surface area contributed by atoms with Gasteiger partial charge in [0.1, 0.15) is 11.0 Å². The Kier molecular flexibility index (Phi) is 1.46.